The molecule has 96 valence electrons. The highest BCUT2D eigenvalue weighted by atomic mass is 15.2. The van der Waals surface area contributed by atoms with Crippen molar-refractivity contribution in [3.8, 4) is 0 Å². The van der Waals surface area contributed by atoms with E-state index in [0.717, 1.165) is 24.3 Å². The smallest absolute Gasteiger partial charge is 0.202 e. The molecule has 5 heteroatoms. The van der Waals surface area contributed by atoms with Gasteiger partial charge in [0.25, 0.3) is 0 Å². The zero-order chi connectivity index (χ0) is 12.4. The van der Waals surface area contributed by atoms with Crippen LogP contribution in [0.25, 0.3) is 11.2 Å². The van der Waals surface area contributed by atoms with E-state index >= 15 is 0 Å². The standard InChI is InChI=1S/C13H19N5/c14-13-16-11-5-4-6-15-12(11)18(13)10-9-17-7-2-1-3-8-17/h4-6H,1-3,7-10H2,(H2,14,16). The number of nitrogen functional groups attached to an aromatic ring is 1. The molecule has 1 aliphatic heterocycles. The largest absolute Gasteiger partial charge is 0.369 e. The van der Waals surface area contributed by atoms with Gasteiger partial charge < -0.3 is 10.6 Å². The van der Waals surface area contributed by atoms with Crippen molar-refractivity contribution in [2.45, 2.75) is 25.8 Å². The first-order chi connectivity index (χ1) is 8.84. The van der Waals surface area contributed by atoms with Gasteiger partial charge in [-0.3, -0.25) is 4.57 Å². The van der Waals surface area contributed by atoms with E-state index in [1.54, 1.807) is 6.20 Å². The molecule has 0 saturated carbocycles. The SMILES string of the molecule is Nc1nc2cccnc2n1CCN1CCCCC1. The summed E-state index contributed by atoms with van der Waals surface area (Å²) in [5.41, 5.74) is 7.74. The lowest BCUT2D eigenvalue weighted by atomic mass is 10.1. The minimum absolute atomic E-state index is 0.570. The molecule has 2 aromatic rings. The van der Waals surface area contributed by atoms with Gasteiger partial charge in [-0.15, -0.1) is 0 Å². The first kappa shape index (κ1) is 11.5. The Bertz CT molecular complexity index is 527. The van der Waals surface area contributed by atoms with Gasteiger partial charge in [-0.2, -0.15) is 0 Å². The highest BCUT2D eigenvalue weighted by molar-refractivity contribution is 5.73. The molecular weight excluding hydrogens is 226 g/mol. The number of aromatic nitrogens is 3. The third kappa shape index (κ3) is 2.18. The van der Waals surface area contributed by atoms with Crippen LogP contribution in [0.3, 0.4) is 0 Å². The molecule has 0 aromatic carbocycles. The summed E-state index contributed by atoms with van der Waals surface area (Å²) < 4.78 is 2.02. The fourth-order valence-corrected chi connectivity index (χ4v) is 2.62. The Morgan fingerprint density at radius 1 is 1.17 bits per heavy atom. The van der Waals surface area contributed by atoms with Gasteiger partial charge in [0.05, 0.1) is 0 Å². The molecule has 0 aliphatic carbocycles. The first-order valence-corrected chi connectivity index (χ1v) is 6.64. The fourth-order valence-electron chi connectivity index (χ4n) is 2.62. The maximum Gasteiger partial charge on any atom is 0.202 e. The van der Waals surface area contributed by atoms with Crippen LogP contribution in [-0.4, -0.2) is 39.1 Å². The fraction of sp³-hybridized carbons (Fsp3) is 0.538. The van der Waals surface area contributed by atoms with Crippen LogP contribution in [0.4, 0.5) is 5.95 Å². The van der Waals surface area contributed by atoms with Crippen LogP contribution in [0.5, 0.6) is 0 Å². The summed E-state index contributed by atoms with van der Waals surface area (Å²) in [4.78, 5) is 11.2. The van der Waals surface area contributed by atoms with Crippen LogP contribution in [-0.2, 0) is 6.54 Å². The van der Waals surface area contributed by atoms with E-state index in [9.17, 15) is 0 Å². The first-order valence-electron chi connectivity index (χ1n) is 6.64. The molecule has 0 atom stereocenters. The molecule has 1 aliphatic rings. The summed E-state index contributed by atoms with van der Waals surface area (Å²) >= 11 is 0. The summed E-state index contributed by atoms with van der Waals surface area (Å²) in [6, 6.07) is 3.85. The van der Waals surface area contributed by atoms with E-state index in [0.29, 0.717) is 5.95 Å². The van der Waals surface area contributed by atoms with Gasteiger partial charge in [0.1, 0.15) is 5.52 Å². The molecule has 3 heterocycles. The molecule has 2 aromatic heterocycles. The number of hydrogen-bond acceptors (Lipinski definition) is 4. The van der Waals surface area contributed by atoms with E-state index in [1.807, 2.05) is 16.7 Å². The Kier molecular flexibility index (Phi) is 3.15. The van der Waals surface area contributed by atoms with Crippen LogP contribution in [0.2, 0.25) is 0 Å². The molecule has 0 bridgehead atoms. The van der Waals surface area contributed by atoms with Gasteiger partial charge in [-0.1, -0.05) is 6.42 Å². The minimum atomic E-state index is 0.570. The summed E-state index contributed by atoms with van der Waals surface area (Å²) in [6.45, 7) is 4.32. The van der Waals surface area contributed by atoms with Gasteiger partial charge in [0.15, 0.2) is 5.65 Å². The Morgan fingerprint density at radius 2 is 2.00 bits per heavy atom. The van der Waals surface area contributed by atoms with Gasteiger partial charge >= 0.3 is 0 Å². The van der Waals surface area contributed by atoms with Crippen molar-refractivity contribution in [3.63, 3.8) is 0 Å². The monoisotopic (exact) mass is 245 g/mol. The van der Waals surface area contributed by atoms with E-state index in [-0.39, 0.29) is 0 Å². The summed E-state index contributed by atoms with van der Waals surface area (Å²) in [7, 11) is 0. The zero-order valence-electron chi connectivity index (χ0n) is 10.5. The Labute approximate surface area is 107 Å². The minimum Gasteiger partial charge on any atom is -0.369 e. The topological polar surface area (TPSA) is 60.0 Å². The molecule has 0 unspecified atom stereocenters. The second-order valence-corrected chi connectivity index (χ2v) is 4.87. The lowest BCUT2D eigenvalue weighted by molar-refractivity contribution is 0.222. The van der Waals surface area contributed by atoms with Crippen molar-refractivity contribution in [3.05, 3.63) is 18.3 Å². The highest BCUT2D eigenvalue weighted by Crippen LogP contribution is 2.15. The third-order valence-corrected chi connectivity index (χ3v) is 3.62. The number of fused-ring (bicyclic) bond motifs is 1. The lowest BCUT2D eigenvalue weighted by Crippen LogP contribution is -2.32. The van der Waals surface area contributed by atoms with Crippen LogP contribution in [0.15, 0.2) is 18.3 Å². The van der Waals surface area contributed by atoms with Crippen molar-refractivity contribution < 1.29 is 0 Å². The maximum absolute atomic E-state index is 5.96. The van der Waals surface area contributed by atoms with E-state index in [2.05, 4.69) is 14.9 Å². The normalized spacial score (nSPS) is 17.3. The molecule has 0 amide bonds. The maximum atomic E-state index is 5.96. The quantitative estimate of drug-likeness (QED) is 0.890. The average molecular weight is 245 g/mol. The number of nitrogens with two attached hydrogens (primary N) is 1. The van der Waals surface area contributed by atoms with Crippen LogP contribution in [0, 0.1) is 0 Å². The summed E-state index contributed by atoms with van der Waals surface area (Å²) in [5.74, 6) is 0.570. The number of imidazole rings is 1. The second kappa shape index (κ2) is 4.94. The number of anilines is 1. The third-order valence-electron chi connectivity index (χ3n) is 3.62. The van der Waals surface area contributed by atoms with Gasteiger partial charge in [-0.05, 0) is 38.1 Å². The number of piperidine rings is 1. The van der Waals surface area contributed by atoms with E-state index in [1.165, 1.54) is 32.4 Å². The number of nitrogens with zero attached hydrogens (tertiary/aromatic N) is 4. The Balaban J connectivity index is 1.75. The molecule has 3 rings (SSSR count). The summed E-state index contributed by atoms with van der Waals surface area (Å²) in [6.07, 6.45) is 5.80. The van der Waals surface area contributed by atoms with Crippen molar-refractivity contribution >= 4 is 17.1 Å². The van der Waals surface area contributed by atoms with Crippen LogP contribution < -0.4 is 5.73 Å². The molecule has 0 radical (unpaired) electrons. The van der Waals surface area contributed by atoms with E-state index < -0.39 is 0 Å². The molecule has 5 nitrogen and oxygen atoms in total. The van der Waals surface area contributed by atoms with Crippen LogP contribution >= 0.6 is 0 Å². The highest BCUT2D eigenvalue weighted by Gasteiger charge is 2.12. The molecule has 18 heavy (non-hydrogen) atoms. The lowest BCUT2D eigenvalue weighted by Gasteiger charge is -2.26. The average Bonchev–Trinajstić information content (AvgIpc) is 2.73. The van der Waals surface area contributed by atoms with Crippen molar-refractivity contribution in [1.29, 1.82) is 0 Å². The number of hydrogen-bond donors (Lipinski definition) is 1. The Morgan fingerprint density at radius 3 is 2.83 bits per heavy atom. The van der Waals surface area contributed by atoms with Gasteiger partial charge in [-0.25, -0.2) is 9.97 Å². The number of pyridine rings is 1. The van der Waals surface area contributed by atoms with Gasteiger partial charge in [0.2, 0.25) is 5.95 Å². The van der Waals surface area contributed by atoms with Crippen molar-refractivity contribution in [2.24, 2.45) is 0 Å². The summed E-state index contributed by atoms with van der Waals surface area (Å²) in [5, 5.41) is 0. The van der Waals surface area contributed by atoms with Crippen LogP contribution in [0.1, 0.15) is 19.3 Å². The van der Waals surface area contributed by atoms with Crippen molar-refractivity contribution in [1.82, 2.24) is 19.4 Å². The molecule has 0 spiro atoms. The predicted octanol–water partition coefficient (Wildman–Crippen LogP) is 1.50. The number of rotatable bonds is 3. The number of likely N-dealkylation sites (tertiary alicyclic amines) is 1. The predicted molar refractivity (Wildman–Crippen MR) is 72.2 cm³/mol. The molecule has 1 saturated heterocycles. The molecular formula is C13H19N5. The van der Waals surface area contributed by atoms with Gasteiger partial charge in [0, 0.05) is 19.3 Å². The molecule has 2 N–H and O–H groups in total. The molecule has 1 fully saturated rings. The second-order valence-electron chi connectivity index (χ2n) is 4.87. The Hall–Kier alpha value is -1.62. The van der Waals surface area contributed by atoms with Crippen molar-refractivity contribution in [2.75, 3.05) is 25.4 Å². The van der Waals surface area contributed by atoms with E-state index in [4.69, 9.17) is 5.73 Å². The zero-order valence-corrected chi connectivity index (χ0v) is 10.5.